The van der Waals surface area contributed by atoms with E-state index in [0.717, 1.165) is 38.3 Å². The number of hydrogen-bond donors (Lipinski definition) is 2. The van der Waals surface area contributed by atoms with Gasteiger partial charge in [-0.15, -0.1) is 0 Å². The summed E-state index contributed by atoms with van der Waals surface area (Å²) in [4.78, 5) is 27.1. The number of nitrogens with zero attached hydrogens (tertiary/aromatic N) is 2. The van der Waals surface area contributed by atoms with Gasteiger partial charge in [0.15, 0.2) is 0 Å². The Hall–Kier alpha value is -1.66. The Labute approximate surface area is 126 Å². The number of carbonyl (C=O) groups excluding carboxylic acids is 2. The lowest BCUT2D eigenvalue weighted by Gasteiger charge is -2.32. The van der Waals surface area contributed by atoms with E-state index >= 15 is 0 Å². The minimum absolute atomic E-state index is 0.167. The first kappa shape index (κ1) is 17.4. The van der Waals surface area contributed by atoms with Gasteiger partial charge in [-0.05, 0) is 27.0 Å². The molecule has 21 heavy (non-hydrogen) atoms. The van der Waals surface area contributed by atoms with Crippen molar-refractivity contribution in [2.45, 2.75) is 13.8 Å². The van der Waals surface area contributed by atoms with Crippen LogP contribution in [0.2, 0.25) is 0 Å². The van der Waals surface area contributed by atoms with E-state index in [4.69, 9.17) is 0 Å². The Balaban J connectivity index is 2.39. The maximum Gasteiger partial charge on any atom is 0.252 e. The molecule has 0 bridgehead atoms. The van der Waals surface area contributed by atoms with E-state index in [2.05, 4.69) is 27.5 Å². The summed E-state index contributed by atoms with van der Waals surface area (Å²) in [5.74, 6) is -0.167. The summed E-state index contributed by atoms with van der Waals surface area (Å²) in [5, 5.41) is 5.31. The molecule has 6 heteroatoms. The summed E-state index contributed by atoms with van der Waals surface area (Å²) in [6, 6.07) is 0. The first-order valence-corrected chi connectivity index (χ1v) is 7.27. The van der Waals surface area contributed by atoms with Crippen molar-refractivity contribution in [2.24, 2.45) is 0 Å². The highest BCUT2D eigenvalue weighted by atomic mass is 16.1. The summed E-state index contributed by atoms with van der Waals surface area (Å²) in [6.07, 6.45) is 3.73. The molecule has 1 aliphatic rings. The molecule has 1 rings (SSSR count). The van der Waals surface area contributed by atoms with Crippen molar-refractivity contribution >= 4 is 12.3 Å². The largest absolute Gasteiger partial charge is 0.351 e. The van der Waals surface area contributed by atoms with E-state index in [9.17, 15) is 9.59 Å². The molecule has 6 nitrogen and oxygen atoms in total. The van der Waals surface area contributed by atoms with Crippen molar-refractivity contribution in [3.63, 3.8) is 0 Å². The van der Waals surface area contributed by atoms with Crippen LogP contribution in [0, 0.1) is 0 Å². The van der Waals surface area contributed by atoms with Crippen LogP contribution in [0.3, 0.4) is 0 Å². The fraction of sp³-hybridized carbons (Fsp3) is 0.600. The molecular weight excluding hydrogens is 268 g/mol. The van der Waals surface area contributed by atoms with Crippen molar-refractivity contribution in [1.82, 2.24) is 20.4 Å². The Morgan fingerprint density at radius 3 is 2.43 bits per heavy atom. The Kier molecular flexibility index (Phi) is 7.71. The number of allylic oxidation sites excluding steroid dienone is 1. The smallest absolute Gasteiger partial charge is 0.252 e. The Morgan fingerprint density at radius 1 is 1.19 bits per heavy atom. The van der Waals surface area contributed by atoms with Gasteiger partial charge in [-0.25, -0.2) is 0 Å². The Morgan fingerprint density at radius 2 is 1.86 bits per heavy atom. The predicted molar refractivity (Wildman–Crippen MR) is 83.7 cm³/mol. The molecule has 1 aliphatic heterocycles. The van der Waals surface area contributed by atoms with Crippen LogP contribution in [0.15, 0.2) is 23.4 Å². The number of amides is 2. The molecule has 0 aliphatic carbocycles. The van der Waals surface area contributed by atoms with Crippen LogP contribution in [0.4, 0.5) is 0 Å². The average Bonchev–Trinajstić information content (AvgIpc) is 2.45. The Bertz CT molecular complexity index is 406. The SMILES string of the molecule is CC(C)=C/C(=C\NC=O)C(=O)NCCN1CCN(C)CC1. The maximum absolute atomic E-state index is 12.1. The molecule has 0 atom stereocenters. The molecule has 0 spiro atoms. The van der Waals surface area contributed by atoms with Gasteiger partial charge in [-0.1, -0.05) is 5.57 Å². The van der Waals surface area contributed by atoms with Gasteiger partial charge in [0.1, 0.15) is 0 Å². The lowest BCUT2D eigenvalue weighted by atomic mass is 10.2. The maximum atomic E-state index is 12.1. The minimum Gasteiger partial charge on any atom is -0.351 e. The molecule has 2 N–H and O–H groups in total. The third-order valence-electron chi connectivity index (χ3n) is 3.32. The van der Waals surface area contributed by atoms with Gasteiger partial charge in [-0.3, -0.25) is 14.5 Å². The number of rotatable bonds is 7. The zero-order valence-electron chi connectivity index (χ0n) is 13.2. The van der Waals surface area contributed by atoms with Gasteiger partial charge in [0, 0.05) is 45.5 Å². The zero-order chi connectivity index (χ0) is 15.7. The summed E-state index contributed by atoms with van der Waals surface area (Å²) in [5.41, 5.74) is 1.46. The molecule has 0 aromatic carbocycles. The first-order chi connectivity index (χ1) is 10.0. The van der Waals surface area contributed by atoms with Crippen LogP contribution in [0.1, 0.15) is 13.8 Å². The summed E-state index contributed by atoms with van der Waals surface area (Å²) in [6.45, 7) is 9.49. The third-order valence-corrected chi connectivity index (χ3v) is 3.32. The van der Waals surface area contributed by atoms with Crippen LogP contribution in [-0.2, 0) is 9.59 Å². The van der Waals surface area contributed by atoms with Gasteiger partial charge in [-0.2, -0.15) is 0 Å². The molecular formula is C15H26N4O2. The topological polar surface area (TPSA) is 64.7 Å². The molecule has 118 valence electrons. The predicted octanol–water partition coefficient (Wildman–Crippen LogP) is -0.0539. The van der Waals surface area contributed by atoms with Crippen LogP contribution < -0.4 is 10.6 Å². The monoisotopic (exact) mass is 294 g/mol. The molecule has 0 aromatic rings. The van der Waals surface area contributed by atoms with Crippen molar-refractivity contribution in [1.29, 1.82) is 0 Å². The average molecular weight is 294 g/mol. The quantitative estimate of drug-likeness (QED) is 0.392. The lowest BCUT2D eigenvalue weighted by molar-refractivity contribution is -0.117. The summed E-state index contributed by atoms with van der Waals surface area (Å²) < 4.78 is 0. The van der Waals surface area contributed by atoms with Crippen LogP contribution >= 0.6 is 0 Å². The molecule has 1 heterocycles. The number of carbonyl (C=O) groups is 2. The highest BCUT2D eigenvalue weighted by molar-refractivity contribution is 5.96. The van der Waals surface area contributed by atoms with Crippen molar-refractivity contribution in [3.05, 3.63) is 23.4 Å². The van der Waals surface area contributed by atoms with Crippen LogP contribution in [0.5, 0.6) is 0 Å². The number of nitrogens with one attached hydrogen (secondary N) is 2. The van der Waals surface area contributed by atoms with Gasteiger partial charge < -0.3 is 15.5 Å². The molecule has 0 aromatic heterocycles. The fourth-order valence-electron chi connectivity index (χ4n) is 2.11. The second-order valence-corrected chi connectivity index (χ2v) is 5.51. The second kappa shape index (κ2) is 9.31. The first-order valence-electron chi connectivity index (χ1n) is 7.27. The van der Waals surface area contributed by atoms with Crippen molar-refractivity contribution in [3.8, 4) is 0 Å². The van der Waals surface area contributed by atoms with Gasteiger partial charge in [0.25, 0.3) is 5.91 Å². The van der Waals surface area contributed by atoms with E-state index in [1.165, 1.54) is 6.20 Å². The van der Waals surface area contributed by atoms with E-state index in [1.807, 2.05) is 13.8 Å². The molecule has 1 saturated heterocycles. The highest BCUT2D eigenvalue weighted by Crippen LogP contribution is 2.02. The summed E-state index contributed by atoms with van der Waals surface area (Å²) >= 11 is 0. The zero-order valence-corrected chi connectivity index (χ0v) is 13.2. The molecule has 2 amide bonds. The minimum atomic E-state index is -0.167. The van der Waals surface area contributed by atoms with E-state index in [-0.39, 0.29) is 5.91 Å². The highest BCUT2D eigenvalue weighted by Gasteiger charge is 2.13. The lowest BCUT2D eigenvalue weighted by Crippen LogP contribution is -2.47. The third kappa shape index (κ3) is 7.06. The number of hydrogen-bond acceptors (Lipinski definition) is 4. The molecule has 0 saturated carbocycles. The van der Waals surface area contributed by atoms with Gasteiger partial charge >= 0.3 is 0 Å². The summed E-state index contributed by atoms with van der Waals surface area (Å²) in [7, 11) is 2.12. The normalized spacial score (nSPS) is 17.2. The number of likely N-dealkylation sites (N-methyl/N-ethyl adjacent to an activating group) is 1. The van der Waals surface area contributed by atoms with E-state index < -0.39 is 0 Å². The molecule has 0 unspecified atom stereocenters. The van der Waals surface area contributed by atoms with E-state index in [1.54, 1.807) is 6.08 Å². The number of piperazine rings is 1. The molecule has 0 radical (unpaired) electrons. The van der Waals surface area contributed by atoms with Crippen molar-refractivity contribution in [2.75, 3.05) is 46.3 Å². The van der Waals surface area contributed by atoms with Crippen LogP contribution in [-0.4, -0.2) is 68.4 Å². The standard InChI is InChI=1S/C15H26N4O2/c1-13(2)10-14(11-16-12-20)15(21)17-4-5-19-8-6-18(3)7-9-19/h10-12H,4-9H2,1-3H3,(H,16,20)(H,17,21)/b14-11+. The fourth-order valence-corrected chi connectivity index (χ4v) is 2.11. The van der Waals surface area contributed by atoms with Crippen molar-refractivity contribution < 1.29 is 9.59 Å². The van der Waals surface area contributed by atoms with Crippen LogP contribution in [0.25, 0.3) is 0 Å². The van der Waals surface area contributed by atoms with E-state index in [0.29, 0.717) is 18.5 Å². The second-order valence-electron chi connectivity index (χ2n) is 5.51. The van der Waals surface area contributed by atoms with Gasteiger partial charge in [0.05, 0.1) is 5.57 Å². The van der Waals surface area contributed by atoms with Gasteiger partial charge in [0.2, 0.25) is 6.41 Å². The molecule has 1 fully saturated rings.